The molecule has 0 bridgehead atoms. The number of para-hydroxylation sites is 1. The zero-order valence-corrected chi connectivity index (χ0v) is 13.1. The fourth-order valence-corrected chi connectivity index (χ4v) is 2.12. The number of aliphatic imine (C=N–C) groups is 1. The molecule has 1 heterocycles. The predicted molar refractivity (Wildman–Crippen MR) is 87.5 cm³/mol. The monoisotopic (exact) mass is 282 g/mol. The number of nitrogens with zero attached hydrogens (tertiary/aromatic N) is 2. The average Bonchev–Trinajstić information content (AvgIpc) is 2.48. The second-order valence-electron chi connectivity index (χ2n) is 5.45. The number of benzene rings is 1. The van der Waals surface area contributed by atoms with Crippen LogP contribution in [0.15, 0.2) is 41.5 Å². The molecule has 0 aliphatic heterocycles. The van der Waals surface area contributed by atoms with E-state index < -0.39 is 0 Å². The van der Waals surface area contributed by atoms with E-state index in [1.165, 1.54) is 6.20 Å². The van der Waals surface area contributed by atoms with Gasteiger partial charge in [-0.05, 0) is 43.5 Å². The molecule has 0 fully saturated rings. The number of aromatic hydroxyl groups is 1. The van der Waals surface area contributed by atoms with E-state index in [4.69, 9.17) is 4.99 Å². The van der Waals surface area contributed by atoms with Crippen LogP contribution in [0.4, 0.5) is 5.69 Å². The summed E-state index contributed by atoms with van der Waals surface area (Å²) in [7, 11) is 0. The lowest BCUT2D eigenvalue weighted by Gasteiger charge is -2.14. The molecule has 0 spiro atoms. The van der Waals surface area contributed by atoms with Crippen LogP contribution in [-0.4, -0.2) is 15.8 Å². The molecular weight excluding hydrogens is 260 g/mol. The van der Waals surface area contributed by atoms with Gasteiger partial charge in [0.25, 0.3) is 0 Å². The Morgan fingerprint density at radius 2 is 1.95 bits per heavy atom. The Kier molecular flexibility index (Phi) is 4.73. The van der Waals surface area contributed by atoms with Crippen LogP contribution in [0, 0.1) is 19.8 Å². The first-order valence-corrected chi connectivity index (χ1v) is 7.33. The summed E-state index contributed by atoms with van der Waals surface area (Å²) in [5, 5.41) is 9.65. The highest BCUT2D eigenvalue weighted by atomic mass is 16.3. The van der Waals surface area contributed by atoms with Crippen molar-refractivity contribution in [2.24, 2.45) is 10.9 Å². The molecule has 3 nitrogen and oxygen atoms in total. The summed E-state index contributed by atoms with van der Waals surface area (Å²) >= 11 is 0. The van der Waals surface area contributed by atoms with E-state index in [9.17, 15) is 5.11 Å². The number of hydrogen-bond acceptors (Lipinski definition) is 3. The second-order valence-corrected chi connectivity index (χ2v) is 5.45. The van der Waals surface area contributed by atoms with Gasteiger partial charge in [0.1, 0.15) is 5.75 Å². The molecule has 1 N–H and O–H groups in total. The maximum atomic E-state index is 9.65. The Morgan fingerprint density at radius 3 is 2.57 bits per heavy atom. The van der Waals surface area contributed by atoms with Crippen molar-refractivity contribution >= 4 is 11.4 Å². The third-order valence-electron chi connectivity index (χ3n) is 3.78. The lowest BCUT2D eigenvalue weighted by atomic mass is 9.98. The minimum absolute atomic E-state index is 0.221. The third kappa shape index (κ3) is 3.48. The molecule has 0 radical (unpaired) electrons. The lowest BCUT2D eigenvalue weighted by Crippen LogP contribution is -2.13. The Bertz CT molecular complexity index is 662. The van der Waals surface area contributed by atoms with Crippen LogP contribution in [-0.2, 0) is 0 Å². The summed E-state index contributed by atoms with van der Waals surface area (Å²) in [5.74, 6) is 0.527. The minimum Gasteiger partial charge on any atom is -0.506 e. The van der Waals surface area contributed by atoms with Crippen molar-refractivity contribution in [3.8, 4) is 5.75 Å². The Balaban J connectivity index is 2.53. The number of aromatic nitrogens is 1. The van der Waals surface area contributed by atoms with Crippen molar-refractivity contribution in [2.45, 2.75) is 34.1 Å². The van der Waals surface area contributed by atoms with Gasteiger partial charge >= 0.3 is 0 Å². The number of aryl methyl sites for hydroxylation is 2. The van der Waals surface area contributed by atoms with Crippen LogP contribution in [0.25, 0.3) is 0 Å². The van der Waals surface area contributed by atoms with Crippen molar-refractivity contribution in [2.75, 3.05) is 0 Å². The average molecular weight is 282 g/mol. The Labute approximate surface area is 126 Å². The molecule has 0 amide bonds. The zero-order valence-electron chi connectivity index (χ0n) is 13.1. The van der Waals surface area contributed by atoms with E-state index in [2.05, 4.69) is 31.8 Å². The Morgan fingerprint density at radius 1 is 1.24 bits per heavy atom. The molecule has 0 aliphatic rings. The van der Waals surface area contributed by atoms with E-state index in [1.54, 1.807) is 0 Å². The van der Waals surface area contributed by atoms with Gasteiger partial charge in [0.2, 0.25) is 0 Å². The molecule has 2 rings (SSSR count). The minimum atomic E-state index is 0.221. The molecule has 0 saturated heterocycles. The van der Waals surface area contributed by atoms with Crippen LogP contribution in [0.1, 0.15) is 37.1 Å². The largest absolute Gasteiger partial charge is 0.506 e. The number of pyridine rings is 1. The highest BCUT2D eigenvalue weighted by Gasteiger charge is 2.14. The maximum Gasteiger partial charge on any atom is 0.136 e. The van der Waals surface area contributed by atoms with Crippen LogP contribution >= 0.6 is 0 Å². The van der Waals surface area contributed by atoms with Crippen molar-refractivity contribution in [3.63, 3.8) is 0 Å². The van der Waals surface area contributed by atoms with Crippen molar-refractivity contribution in [1.82, 2.24) is 4.98 Å². The summed E-state index contributed by atoms with van der Waals surface area (Å²) in [6.45, 7) is 8.23. The Hall–Kier alpha value is -2.16. The molecule has 1 atom stereocenters. The SMILES string of the molecule is CCC(C)C(=Nc1ccccc1C)c1cc(C)c(O)cn1. The van der Waals surface area contributed by atoms with Gasteiger partial charge < -0.3 is 5.11 Å². The molecule has 3 heteroatoms. The topological polar surface area (TPSA) is 45.5 Å². The van der Waals surface area contributed by atoms with Crippen molar-refractivity contribution in [3.05, 3.63) is 53.3 Å². The molecule has 1 aromatic carbocycles. The molecule has 21 heavy (non-hydrogen) atoms. The van der Waals surface area contributed by atoms with E-state index in [1.807, 2.05) is 31.2 Å². The highest BCUT2D eigenvalue weighted by molar-refractivity contribution is 6.02. The van der Waals surface area contributed by atoms with Gasteiger partial charge in [-0.15, -0.1) is 0 Å². The van der Waals surface area contributed by atoms with Gasteiger partial charge in [0.05, 0.1) is 23.3 Å². The van der Waals surface area contributed by atoms with Gasteiger partial charge in [-0.2, -0.15) is 0 Å². The molecule has 0 saturated carbocycles. The second kappa shape index (κ2) is 6.53. The quantitative estimate of drug-likeness (QED) is 0.835. The zero-order chi connectivity index (χ0) is 15.4. The molecular formula is C18H22N2O. The molecule has 1 unspecified atom stereocenters. The van der Waals surface area contributed by atoms with Crippen LogP contribution in [0.2, 0.25) is 0 Å². The van der Waals surface area contributed by atoms with Crippen molar-refractivity contribution < 1.29 is 5.11 Å². The molecule has 2 aromatic rings. The first-order chi connectivity index (χ1) is 10.0. The molecule has 0 aliphatic carbocycles. The van der Waals surface area contributed by atoms with Crippen LogP contribution in [0.3, 0.4) is 0 Å². The lowest BCUT2D eigenvalue weighted by molar-refractivity contribution is 0.468. The van der Waals surface area contributed by atoms with E-state index in [0.717, 1.165) is 34.6 Å². The molecule has 1 aromatic heterocycles. The summed E-state index contributed by atoms with van der Waals surface area (Å²) in [5.41, 5.74) is 4.74. The van der Waals surface area contributed by atoms with E-state index in [-0.39, 0.29) is 5.75 Å². The highest BCUT2D eigenvalue weighted by Crippen LogP contribution is 2.23. The van der Waals surface area contributed by atoms with Gasteiger partial charge in [-0.25, -0.2) is 0 Å². The first kappa shape index (κ1) is 15.2. The van der Waals surface area contributed by atoms with Gasteiger partial charge in [0.15, 0.2) is 0 Å². The molecule has 110 valence electrons. The fraction of sp³-hybridized carbons (Fsp3) is 0.333. The van der Waals surface area contributed by atoms with Gasteiger partial charge in [-0.3, -0.25) is 9.98 Å². The predicted octanol–water partition coefficient (Wildman–Crippen LogP) is 4.57. The third-order valence-corrected chi connectivity index (χ3v) is 3.78. The van der Waals surface area contributed by atoms with Crippen LogP contribution < -0.4 is 0 Å². The van der Waals surface area contributed by atoms with E-state index >= 15 is 0 Å². The summed E-state index contributed by atoms with van der Waals surface area (Å²) < 4.78 is 0. The number of hydrogen-bond donors (Lipinski definition) is 1. The summed E-state index contributed by atoms with van der Waals surface area (Å²) in [6.07, 6.45) is 2.49. The fourth-order valence-electron chi connectivity index (χ4n) is 2.12. The summed E-state index contributed by atoms with van der Waals surface area (Å²) in [4.78, 5) is 9.20. The summed E-state index contributed by atoms with van der Waals surface area (Å²) in [6, 6.07) is 9.99. The maximum absolute atomic E-state index is 9.65. The smallest absolute Gasteiger partial charge is 0.136 e. The number of rotatable bonds is 4. The van der Waals surface area contributed by atoms with Gasteiger partial charge in [0, 0.05) is 5.92 Å². The van der Waals surface area contributed by atoms with Crippen molar-refractivity contribution in [1.29, 1.82) is 0 Å². The normalized spacial score (nSPS) is 13.2. The standard InChI is InChI=1S/C18H22N2O/c1-5-12(2)18(16-10-14(4)17(21)11-19-16)20-15-9-7-6-8-13(15)3/h6-12,21H,5H2,1-4H3. The van der Waals surface area contributed by atoms with Crippen LogP contribution in [0.5, 0.6) is 5.75 Å². The first-order valence-electron chi connectivity index (χ1n) is 7.33. The van der Waals surface area contributed by atoms with Gasteiger partial charge in [-0.1, -0.05) is 32.0 Å². The van der Waals surface area contributed by atoms with E-state index in [0.29, 0.717) is 5.92 Å².